The number of carbonyl (C=O) groups excluding carboxylic acids is 1. The van der Waals surface area contributed by atoms with Gasteiger partial charge in [0.2, 0.25) is 0 Å². The van der Waals surface area contributed by atoms with Crippen molar-refractivity contribution in [2.75, 3.05) is 11.5 Å². The number of Topliss-reactive ketones (excluding diaryl/α,β-unsaturated/α-hetero) is 1. The second-order valence-electron chi connectivity index (χ2n) is 3.89. The molecule has 0 aromatic heterocycles. The van der Waals surface area contributed by atoms with E-state index in [9.17, 15) is 9.18 Å². The molecule has 1 aliphatic heterocycles. The summed E-state index contributed by atoms with van der Waals surface area (Å²) in [7, 11) is 0. The van der Waals surface area contributed by atoms with Crippen LogP contribution in [0.1, 0.15) is 22.3 Å². The zero-order valence-corrected chi connectivity index (χ0v) is 9.44. The quantitative estimate of drug-likeness (QED) is 0.718. The molecule has 2 rings (SSSR count). The van der Waals surface area contributed by atoms with Gasteiger partial charge in [0, 0.05) is 17.2 Å². The lowest BCUT2D eigenvalue weighted by Gasteiger charge is -2.07. The van der Waals surface area contributed by atoms with Crippen molar-refractivity contribution in [2.45, 2.75) is 13.3 Å². The molecular weight excluding hydrogens is 211 g/mol. The number of thioether (sulfide) groups is 1. The average molecular weight is 224 g/mol. The molecule has 80 valence electrons. The summed E-state index contributed by atoms with van der Waals surface area (Å²) in [5.41, 5.74) is 1.11. The summed E-state index contributed by atoms with van der Waals surface area (Å²) in [4.78, 5) is 11.9. The van der Waals surface area contributed by atoms with Gasteiger partial charge in [0.1, 0.15) is 5.82 Å². The monoisotopic (exact) mass is 224 g/mol. The minimum Gasteiger partial charge on any atom is -0.294 e. The van der Waals surface area contributed by atoms with Crippen LogP contribution in [0, 0.1) is 18.7 Å². The smallest absolute Gasteiger partial charge is 0.166 e. The molecule has 1 atom stereocenters. The van der Waals surface area contributed by atoms with Crippen molar-refractivity contribution in [3.8, 4) is 0 Å². The van der Waals surface area contributed by atoms with Gasteiger partial charge in [0.05, 0.1) is 0 Å². The summed E-state index contributed by atoms with van der Waals surface area (Å²) < 4.78 is 13.3. The van der Waals surface area contributed by atoms with Crippen molar-refractivity contribution < 1.29 is 9.18 Å². The third kappa shape index (κ3) is 2.23. The van der Waals surface area contributed by atoms with E-state index in [0.29, 0.717) is 11.1 Å². The van der Waals surface area contributed by atoms with Gasteiger partial charge in [-0.15, -0.1) is 0 Å². The highest BCUT2D eigenvalue weighted by atomic mass is 32.2. The van der Waals surface area contributed by atoms with Crippen LogP contribution < -0.4 is 0 Å². The first-order valence-corrected chi connectivity index (χ1v) is 6.22. The van der Waals surface area contributed by atoms with Crippen LogP contribution in [0.3, 0.4) is 0 Å². The normalized spacial score (nSPS) is 20.5. The van der Waals surface area contributed by atoms with Crippen molar-refractivity contribution >= 4 is 17.5 Å². The Morgan fingerprint density at radius 3 is 2.93 bits per heavy atom. The van der Waals surface area contributed by atoms with Gasteiger partial charge in [0.25, 0.3) is 0 Å². The number of benzene rings is 1. The number of ketones is 1. The first-order valence-electron chi connectivity index (χ1n) is 5.06. The molecule has 1 heterocycles. The largest absolute Gasteiger partial charge is 0.294 e. The van der Waals surface area contributed by atoms with Gasteiger partial charge < -0.3 is 0 Å². The predicted octanol–water partition coefficient (Wildman–Crippen LogP) is 3.07. The fourth-order valence-corrected chi connectivity index (χ4v) is 2.94. The first kappa shape index (κ1) is 10.7. The van der Waals surface area contributed by atoms with Crippen LogP contribution in [0.4, 0.5) is 4.39 Å². The number of halogens is 1. The molecule has 0 saturated carbocycles. The maximum absolute atomic E-state index is 13.3. The van der Waals surface area contributed by atoms with Crippen molar-refractivity contribution in [1.82, 2.24) is 0 Å². The fourth-order valence-electron chi connectivity index (χ4n) is 1.72. The number of rotatable bonds is 2. The highest BCUT2D eigenvalue weighted by Crippen LogP contribution is 2.27. The van der Waals surface area contributed by atoms with E-state index in [0.717, 1.165) is 17.9 Å². The summed E-state index contributed by atoms with van der Waals surface area (Å²) in [5, 5.41) is 0. The molecule has 1 saturated heterocycles. The van der Waals surface area contributed by atoms with Crippen molar-refractivity contribution in [3.63, 3.8) is 0 Å². The maximum Gasteiger partial charge on any atom is 0.166 e. The van der Waals surface area contributed by atoms with E-state index in [1.807, 2.05) is 0 Å². The average Bonchev–Trinajstić information content (AvgIpc) is 2.74. The Morgan fingerprint density at radius 2 is 2.33 bits per heavy atom. The Labute approximate surface area is 93.1 Å². The summed E-state index contributed by atoms with van der Waals surface area (Å²) in [6.45, 7) is 1.70. The maximum atomic E-state index is 13.3. The lowest BCUT2D eigenvalue weighted by Crippen LogP contribution is -2.14. The van der Waals surface area contributed by atoms with E-state index >= 15 is 0 Å². The molecular formula is C12H13FOS. The Hall–Kier alpha value is -0.830. The van der Waals surface area contributed by atoms with Gasteiger partial charge in [-0.25, -0.2) is 4.39 Å². The SMILES string of the molecule is Cc1ccc(C(=O)C2CCSC2)cc1F. The van der Waals surface area contributed by atoms with E-state index < -0.39 is 0 Å². The summed E-state index contributed by atoms with van der Waals surface area (Å²) in [5.74, 6) is 1.83. The van der Waals surface area contributed by atoms with E-state index in [2.05, 4.69) is 0 Å². The van der Waals surface area contributed by atoms with E-state index in [1.54, 1.807) is 30.8 Å². The lowest BCUT2D eigenvalue weighted by molar-refractivity contribution is 0.0933. The molecule has 1 aromatic rings. The van der Waals surface area contributed by atoms with E-state index in [4.69, 9.17) is 0 Å². The van der Waals surface area contributed by atoms with Crippen LogP contribution in [0.15, 0.2) is 18.2 Å². The third-order valence-electron chi connectivity index (χ3n) is 2.76. The summed E-state index contributed by atoms with van der Waals surface area (Å²) in [6.07, 6.45) is 0.930. The number of hydrogen-bond acceptors (Lipinski definition) is 2. The van der Waals surface area contributed by atoms with Gasteiger partial charge in [-0.1, -0.05) is 12.1 Å². The highest BCUT2D eigenvalue weighted by molar-refractivity contribution is 7.99. The summed E-state index contributed by atoms with van der Waals surface area (Å²) in [6, 6.07) is 4.76. The molecule has 1 nitrogen and oxygen atoms in total. The molecule has 0 amide bonds. The van der Waals surface area contributed by atoms with Gasteiger partial charge in [-0.2, -0.15) is 11.8 Å². The van der Waals surface area contributed by atoms with Crippen LogP contribution in [0.2, 0.25) is 0 Å². The van der Waals surface area contributed by atoms with Crippen LogP contribution in [-0.2, 0) is 0 Å². The van der Waals surface area contributed by atoms with Crippen molar-refractivity contribution in [2.24, 2.45) is 5.92 Å². The molecule has 0 aliphatic carbocycles. The second-order valence-corrected chi connectivity index (χ2v) is 5.04. The van der Waals surface area contributed by atoms with E-state index in [-0.39, 0.29) is 17.5 Å². The minimum absolute atomic E-state index is 0.0945. The molecule has 0 bridgehead atoms. The van der Waals surface area contributed by atoms with Crippen molar-refractivity contribution in [1.29, 1.82) is 0 Å². The highest BCUT2D eigenvalue weighted by Gasteiger charge is 2.24. The molecule has 0 N–H and O–H groups in total. The number of aryl methyl sites for hydroxylation is 1. The summed E-state index contributed by atoms with van der Waals surface area (Å²) >= 11 is 1.80. The molecule has 1 aromatic carbocycles. The first-order chi connectivity index (χ1) is 7.18. The number of hydrogen-bond donors (Lipinski definition) is 0. The van der Waals surface area contributed by atoms with Crippen LogP contribution in [0.5, 0.6) is 0 Å². The second kappa shape index (κ2) is 4.35. The molecule has 1 aliphatic rings. The minimum atomic E-state index is -0.286. The zero-order valence-electron chi connectivity index (χ0n) is 8.63. The van der Waals surface area contributed by atoms with Gasteiger partial charge >= 0.3 is 0 Å². The Balaban J connectivity index is 2.21. The lowest BCUT2D eigenvalue weighted by atomic mass is 9.96. The Morgan fingerprint density at radius 1 is 1.53 bits per heavy atom. The molecule has 0 spiro atoms. The Kier molecular flexibility index (Phi) is 3.10. The molecule has 3 heteroatoms. The molecule has 15 heavy (non-hydrogen) atoms. The number of carbonyl (C=O) groups is 1. The van der Waals surface area contributed by atoms with Gasteiger partial charge in [-0.05, 0) is 30.7 Å². The van der Waals surface area contributed by atoms with Crippen molar-refractivity contribution in [3.05, 3.63) is 35.1 Å². The Bertz CT molecular complexity index is 383. The molecule has 1 unspecified atom stereocenters. The third-order valence-corrected chi connectivity index (χ3v) is 3.92. The van der Waals surface area contributed by atoms with Crippen LogP contribution in [-0.4, -0.2) is 17.3 Å². The molecule has 0 radical (unpaired) electrons. The molecule has 1 fully saturated rings. The standard InChI is InChI=1S/C12H13FOS/c1-8-2-3-9(6-11(8)13)12(14)10-4-5-15-7-10/h2-3,6,10H,4-5,7H2,1H3. The van der Waals surface area contributed by atoms with E-state index in [1.165, 1.54) is 6.07 Å². The van der Waals surface area contributed by atoms with Crippen LogP contribution in [0.25, 0.3) is 0 Å². The predicted molar refractivity (Wildman–Crippen MR) is 60.9 cm³/mol. The zero-order chi connectivity index (χ0) is 10.8. The topological polar surface area (TPSA) is 17.1 Å². The van der Waals surface area contributed by atoms with Crippen LogP contribution >= 0.6 is 11.8 Å². The fraction of sp³-hybridized carbons (Fsp3) is 0.417. The van der Waals surface area contributed by atoms with Gasteiger partial charge in [-0.3, -0.25) is 4.79 Å². The van der Waals surface area contributed by atoms with Gasteiger partial charge in [0.15, 0.2) is 5.78 Å².